The number of thioether (sulfide) groups is 1. The van der Waals surface area contributed by atoms with Gasteiger partial charge in [0.15, 0.2) is 6.04 Å². The highest BCUT2D eigenvalue weighted by molar-refractivity contribution is 8.13. The van der Waals surface area contributed by atoms with Crippen LogP contribution >= 0.6 is 11.8 Å². The van der Waals surface area contributed by atoms with Crippen molar-refractivity contribution >= 4 is 23.3 Å². The van der Waals surface area contributed by atoms with E-state index in [4.69, 9.17) is 9.47 Å². The summed E-state index contributed by atoms with van der Waals surface area (Å²) in [5.41, 5.74) is 1.78. The van der Waals surface area contributed by atoms with Crippen molar-refractivity contribution in [3.05, 3.63) is 0 Å². The lowest BCUT2D eigenvalue weighted by Gasteiger charge is -2.35. The highest BCUT2D eigenvalue weighted by atomic mass is 32.2. The van der Waals surface area contributed by atoms with Gasteiger partial charge in [-0.1, -0.05) is 0 Å². The zero-order valence-electron chi connectivity index (χ0n) is 8.77. The fourth-order valence-corrected chi connectivity index (χ4v) is 3.08. The molecule has 0 aromatic rings. The molecule has 0 aromatic heterocycles. The lowest BCUT2D eigenvalue weighted by atomic mass is 9.91. The van der Waals surface area contributed by atoms with Gasteiger partial charge in [0, 0.05) is 13.2 Å². The lowest BCUT2D eigenvalue weighted by Crippen LogP contribution is -2.45. The molecule has 0 saturated carbocycles. The summed E-state index contributed by atoms with van der Waals surface area (Å²) in [6.45, 7) is 3.67. The van der Waals surface area contributed by atoms with Crippen LogP contribution in [-0.2, 0) is 14.3 Å². The number of nitrogens with zero attached hydrogens (tertiary/aromatic N) is 1. The van der Waals surface area contributed by atoms with Crippen LogP contribution in [0.25, 0.3) is 0 Å². The van der Waals surface area contributed by atoms with Gasteiger partial charge in [0.25, 0.3) is 0 Å². The highest BCUT2D eigenvalue weighted by Gasteiger charge is 2.48. The van der Waals surface area contributed by atoms with Gasteiger partial charge in [-0.25, -0.2) is 4.79 Å². The first-order valence-electron chi connectivity index (χ1n) is 5.22. The maximum absolute atomic E-state index is 11.7. The third-order valence-corrected chi connectivity index (χ3v) is 4.17. The van der Waals surface area contributed by atoms with Gasteiger partial charge in [0.2, 0.25) is 0 Å². The Bertz CT molecular complexity index is 274. The fraction of sp³-hybridized carbons (Fsp3) is 0.800. The van der Waals surface area contributed by atoms with E-state index in [1.54, 1.807) is 17.3 Å². The number of hydrogen-bond donors (Lipinski definition) is 0. The zero-order valence-corrected chi connectivity index (χ0v) is 9.59. The van der Waals surface area contributed by atoms with Gasteiger partial charge in [-0.2, -0.15) is 0 Å². The second kappa shape index (κ2) is 4.53. The maximum Gasteiger partial charge on any atom is 0.332 e. The third kappa shape index (κ3) is 2.03. The summed E-state index contributed by atoms with van der Waals surface area (Å²) in [5.74, 6) is -0.194. The molecule has 1 saturated heterocycles. The summed E-state index contributed by atoms with van der Waals surface area (Å²) in [4.78, 5) is 16.0. The van der Waals surface area contributed by atoms with E-state index in [-0.39, 0.29) is 16.8 Å². The predicted octanol–water partition coefficient (Wildman–Crippen LogP) is 1.24. The second-order valence-corrected chi connectivity index (χ2v) is 4.96. The number of carbonyl (C=O) groups is 1. The monoisotopic (exact) mass is 229 g/mol. The summed E-state index contributed by atoms with van der Waals surface area (Å²) < 4.78 is 10.3. The first-order chi connectivity index (χ1) is 7.28. The van der Waals surface area contributed by atoms with Crippen molar-refractivity contribution in [2.24, 2.45) is 4.99 Å². The molecule has 0 amide bonds. The Balaban J connectivity index is 2.08. The number of hydrogen-bond acceptors (Lipinski definition) is 5. The minimum atomic E-state index is -0.327. The minimum Gasteiger partial charge on any atom is -0.464 e. The molecule has 2 aliphatic rings. The Hall–Kier alpha value is -0.550. The van der Waals surface area contributed by atoms with Crippen molar-refractivity contribution < 1.29 is 14.3 Å². The molecule has 0 bridgehead atoms. The number of ether oxygens (including phenoxy) is 2. The van der Waals surface area contributed by atoms with E-state index in [1.165, 1.54) is 0 Å². The van der Waals surface area contributed by atoms with Crippen molar-refractivity contribution in [1.29, 1.82) is 0 Å². The number of esters is 1. The Morgan fingerprint density at radius 3 is 3.07 bits per heavy atom. The van der Waals surface area contributed by atoms with E-state index in [0.717, 1.165) is 12.8 Å². The smallest absolute Gasteiger partial charge is 0.332 e. The van der Waals surface area contributed by atoms with Crippen LogP contribution in [-0.4, -0.2) is 42.1 Å². The standard InChI is InChI=1S/C10H15NO3S/c1-2-14-9(12)8-10(15-7-11-8)3-5-13-6-4-10/h7-8H,2-6H2,1H3. The van der Waals surface area contributed by atoms with Crippen LogP contribution in [0.15, 0.2) is 4.99 Å². The average Bonchev–Trinajstić information content (AvgIpc) is 2.63. The largest absolute Gasteiger partial charge is 0.464 e. The van der Waals surface area contributed by atoms with Gasteiger partial charge in [-0.05, 0) is 19.8 Å². The molecule has 2 rings (SSSR count). The highest BCUT2D eigenvalue weighted by Crippen LogP contribution is 2.43. The van der Waals surface area contributed by atoms with Gasteiger partial charge in [0.1, 0.15) is 0 Å². The molecule has 0 aliphatic carbocycles. The molecule has 0 radical (unpaired) electrons. The Labute approximate surface area is 93.4 Å². The molecular weight excluding hydrogens is 214 g/mol. The zero-order chi connectivity index (χ0) is 10.7. The van der Waals surface area contributed by atoms with Crippen LogP contribution in [0.3, 0.4) is 0 Å². The van der Waals surface area contributed by atoms with E-state index in [2.05, 4.69) is 4.99 Å². The van der Waals surface area contributed by atoms with E-state index in [1.807, 2.05) is 6.92 Å². The number of carbonyl (C=O) groups excluding carboxylic acids is 1. The molecule has 1 spiro atoms. The molecule has 1 atom stereocenters. The van der Waals surface area contributed by atoms with Crippen LogP contribution in [0.1, 0.15) is 19.8 Å². The Morgan fingerprint density at radius 2 is 2.40 bits per heavy atom. The van der Waals surface area contributed by atoms with Crippen molar-refractivity contribution in [2.45, 2.75) is 30.6 Å². The van der Waals surface area contributed by atoms with Crippen LogP contribution < -0.4 is 0 Å². The van der Waals surface area contributed by atoms with Crippen LogP contribution in [0.4, 0.5) is 0 Å². The second-order valence-electron chi connectivity index (χ2n) is 3.70. The maximum atomic E-state index is 11.7. The fourth-order valence-electron chi connectivity index (χ4n) is 2.00. The van der Waals surface area contributed by atoms with Crippen molar-refractivity contribution in [1.82, 2.24) is 0 Å². The van der Waals surface area contributed by atoms with Gasteiger partial charge in [-0.3, -0.25) is 4.99 Å². The summed E-state index contributed by atoms with van der Waals surface area (Å²) >= 11 is 1.66. The normalized spacial score (nSPS) is 28.2. The molecule has 2 aliphatic heterocycles. The summed E-state index contributed by atoms with van der Waals surface area (Å²) in [6.07, 6.45) is 1.75. The summed E-state index contributed by atoms with van der Waals surface area (Å²) in [6, 6.07) is -0.327. The first kappa shape index (κ1) is 11.0. The van der Waals surface area contributed by atoms with Crippen molar-refractivity contribution in [3.8, 4) is 0 Å². The van der Waals surface area contributed by atoms with Gasteiger partial charge >= 0.3 is 5.97 Å². The van der Waals surface area contributed by atoms with E-state index in [9.17, 15) is 4.79 Å². The molecule has 4 nitrogen and oxygen atoms in total. The van der Waals surface area contributed by atoms with E-state index in [0.29, 0.717) is 19.8 Å². The molecule has 2 heterocycles. The van der Waals surface area contributed by atoms with Crippen LogP contribution in [0.5, 0.6) is 0 Å². The van der Waals surface area contributed by atoms with Gasteiger partial charge in [-0.15, -0.1) is 11.8 Å². The molecule has 1 unspecified atom stereocenters. The number of rotatable bonds is 2. The average molecular weight is 229 g/mol. The molecule has 15 heavy (non-hydrogen) atoms. The first-order valence-corrected chi connectivity index (χ1v) is 6.10. The SMILES string of the molecule is CCOC(=O)C1N=CSC12CCOCC2. The summed E-state index contributed by atoms with van der Waals surface area (Å²) in [5, 5.41) is 0. The predicted molar refractivity (Wildman–Crippen MR) is 59.3 cm³/mol. The molecule has 0 N–H and O–H groups in total. The Kier molecular flexibility index (Phi) is 3.31. The quantitative estimate of drug-likeness (QED) is 0.668. The lowest BCUT2D eigenvalue weighted by molar-refractivity contribution is -0.145. The number of aliphatic imine (C=N–C) groups is 1. The Morgan fingerprint density at radius 1 is 1.67 bits per heavy atom. The van der Waals surface area contributed by atoms with E-state index < -0.39 is 0 Å². The molecule has 1 fully saturated rings. The molecular formula is C10H15NO3S. The molecule has 5 heteroatoms. The summed E-state index contributed by atoms with van der Waals surface area (Å²) in [7, 11) is 0. The van der Waals surface area contributed by atoms with Crippen molar-refractivity contribution in [2.75, 3.05) is 19.8 Å². The van der Waals surface area contributed by atoms with Crippen molar-refractivity contribution in [3.63, 3.8) is 0 Å². The topological polar surface area (TPSA) is 47.9 Å². The van der Waals surface area contributed by atoms with Crippen LogP contribution in [0, 0.1) is 0 Å². The molecule has 84 valence electrons. The molecule has 0 aromatic carbocycles. The van der Waals surface area contributed by atoms with E-state index >= 15 is 0 Å². The third-order valence-electron chi connectivity index (χ3n) is 2.84. The minimum absolute atomic E-state index is 0.0928. The van der Waals surface area contributed by atoms with Gasteiger partial charge in [0.05, 0.1) is 16.9 Å². The van der Waals surface area contributed by atoms with Crippen LogP contribution in [0.2, 0.25) is 0 Å². The van der Waals surface area contributed by atoms with Gasteiger partial charge < -0.3 is 9.47 Å².